The predicted octanol–water partition coefficient (Wildman–Crippen LogP) is 3.95. The van der Waals surface area contributed by atoms with Gasteiger partial charge in [0.05, 0.1) is 19.0 Å². The van der Waals surface area contributed by atoms with E-state index in [0.717, 1.165) is 12.5 Å². The number of ketones is 1. The molecule has 8 heteroatoms. The summed E-state index contributed by atoms with van der Waals surface area (Å²) in [5.74, 6) is -0.539. The van der Waals surface area contributed by atoms with Crippen molar-refractivity contribution in [3.05, 3.63) is 11.8 Å². The summed E-state index contributed by atoms with van der Waals surface area (Å²) >= 11 is 19.8. The maximum absolute atomic E-state index is 11.6. The summed E-state index contributed by atoms with van der Waals surface area (Å²) in [6, 6.07) is 0. The molecule has 0 radical (unpaired) electrons. The molecule has 0 rings (SSSR count). The van der Waals surface area contributed by atoms with Gasteiger partial charge in [0.25, 0.3) is 3.79 Å². The van der Waals surface area contributed by atoms with Gasteiger partial charge in [-0.05, 0) is 12.8 Å². The minimum Gasteiger partial charge on any atom is -0.500 e. The van der Waals surface area contributed by atoms with E-state index in [9.17, 15) is 9.59 Å². The molecule has 0 saturated carbocycles. The quantitative estimate of drug-likeness (QED) is 0.200. The first-order valence-electron chi connectivity index (χ1n) is 5.80. The van der Waals surface area contributed by atoms with E-state index in [4.69, 9.17) is 39.5 Å². The highest BCUT2D eigenvalue weighted by atomic mass is 79.9. The highest BCUT2D eigenvalue weighted by molar-refractivity contribution is 9.09. The molecule has 0 aliphatic rings. The van der Waals surface area contributed by atoms with E-state index in [1.54, 1.807) is 0 Å². The van der Waals surface area contributed by atoms with Gasteiger partial charge in [-0.2, -0.15) is 0 Å². The molecule has 0 aromatic carbocycles. The van der Waals surface area contributed by atoms with Gasteiger partial charge < -0.3 is 9.47 Å². The first-order chi connectivity index (χ1) is 9.22. The van der Waals surface area contributed by atoms with Gasteiger partial charge in [-0.1, -0.05) is 57.2 Å². The van der Waals surface area contributed by atoms with Gasteiger partial charge in [0, 0.05) is 12.5 Å². The minimum absolute atomic E-state index is 0.193. The first kappa shape index (κ1) is 20.0. The number of rotatable bonds is 8. The second-order valence-electron chi connectivity index (χ2n) is 3.90. The van der Waals surface area contributed by atoms with Crippen LogP contribution >= 0.6 is 50.7 Å². The molecule has 0 spiro atoms. The Kier molecular flexibility index (Phi) is 9.89. The van der Waals surface area contributed by atoms with Crippen LogP contribution in [0, 0.1) is 0 Å². The number of unbranched alkanes of at least 4 members (excludes halogenated alkanes) is 1. The Morgan fingerprint density at radius 1 is 1.20 bits per heavy atom. The summed E-state index contributed by atoms with van der Waals surface area (Å²) in [6.07, 6.45) is 3.63. The van der Waals surface area contributed by atoms with Crippen molar-refractivity contribution in [3.63, 3.8) is 0 Å². The van der Waals surface area contributed by atoms with Crippen LogP contribution in [-0.4, -0.2) is 34.6 Å². The van der Waals surface area contributed by atoms with Crippen molar-refractivity contribution in [2.45, 2.75) is 34.3 Å². The number of hydrogen-bond donors (Lipinski definition) is 0. The van der Waals surface area contributed by atoms with Crippen molar-refractivity contribution < 1.29 is 19.1 Å². The molecular formula is C12H16BrCl3O4. The van der Waals surface area contributed by atoms with Gasteiger partial charge in [-0.3, -0.25) is 9.59 Å². The van der Waals surface area contributed by atoms with E-state index >= 15 is 0 Å². The van der Waals surface area contributed by atoms with Crippen LogP contribution in [-0.2, 0) is 19.1 Å². The Labute approximate surface area is 141 Å². The van der Waals surface area contributed by atoms with Crippen LogP contribution in [0.15, 0.2) is 11.8 Å². The second-order valence-corrected chi connectivity index (χ2v) is 7.29. The number of hydrogen-bond acceptors (Lipinski definition) is 4. The Hall–Kier alpha value is 0.0300. The van der Waals surface area contributed by atoms with Gasteiger partial charge in [0.1, 0.15) is 5.76 Å². The van der Waals surface area contributed by atoms with Crippen LogP contribution in [0.5, 0.6) is 0 Å². The zero-order chi connectivity index (χ0) is 15.8. The van der Waals surface area contributed by atoms with Crippen molar-refractivity contribution in [2.24, 2.45) is 0 Å². The lowest BCUT2D eigenvalue weighted by molar-refractivity contribution is -0.140. The number of carbonyl (C=O) groups is 2. The largest absolute Gasteiger partial charge is 0.500 e. The van der Waals surface area contributed by atoms with Gasteiger partial charge in [0.15, 0.2) is 0 Å². The van der Waals surface area contributed by atoms with Gasteiger partial charge in [0.2, 0.25) is 5.78 Å². The topological polar surface area (TPSA) is 52.6 Å². The maximum atomic E-state index is 11.6. The Morgan fingerprint density at radius 3 is 2.25 bits per heavy atom. The average Bonchev–Trinajstić information content (AvgIpc) is 2.38. The lowest BCUT2D eigenvalue weighted by atomic mass is 10.1. The fourth-order valence-electron chi connectivity index (χ4n) is 1.33. The standard InChI is InChI=1S/C12H16BrCl3O4/c1-19-9(7-10(17)12(14,15)16)8(13)5-3-4-6-11(18)20-2/h7-8H,3-6H2,1-2H3/b9-7+. The molecule has 0 amide bonds. The third-order valence-corrected chi connectivity index (χ3v) is 3.88. The molecule has 1 atom stereocenters. The van der Waals surface area contributed by atoms with Crippen LogP contribution in [0.1, 0.15) is 25.7 Å². The number of carbonyl (C=O) groups excluding carboxylic acids is 2. The zero-order valence-corrected chi connectivity index (χ0v) is 15.0. The van der Waals surface area contributed by atoms with Gasteiger partial charge >= 0.3 is 5.97 Å². The molecule has 0 aliphatic carbocycles. The molecule has 0 bridgehead atoms. The van der Waals surface area contributed by atoms with Gasteiger partial charge in [-0.25, -0.2) is 0 Å². The summed E-state index contributed by atoms with van der Waals surface area (Å²) in [4.78, 5) is 22.3. The highest BCUT2D eigenvalue weighted by Gasteiger charge is 2.29. The molecule has 1 unspecified atom stereocenters. The van der Waals surface area contributed by atoms with Crippen molar-refractivity contribution in [1.29, 1.82) is 0 Å². The summed E-state index contributed by atoms with van der Waals surface area (Å²) in [7, 11) is 2.78. The molecule has 0 aromatic heterocycles. The zero-order valence-electron chi connectivity index (χ0n) is 11.1. The lowest BCUT2D eigenvalue weighted by Crippen LogP contribution is -2.18. The molecule has 0 heterocycles. The van der Waals surface area contributed by atoms with E-state index in [-0.39, 0.29) is 10.8 Å². The fraction of sp³-hybridized carbons (Fsp3) is 0.667. The number of esters is 1. The van der Waals surface area contributed by atoms with Crippen molar-refractivity contribution in [3.8, 4) is 0 Å². The van der Waals surface area contributed by atoms with E-state index < -0.39 is 9.58 Å². The summed E-state index contributed by atoms with van der Waals surface area (Å²) in [6.45, 7) is 0. The third kappa shape index (κ3) is 8.35. The van der Waals surface area contributed by atoms with E-state index in [0.29, 0.717) is 25.0 Å². The molecule has 0 aromatic rings. The number of allylic oxidation sites excluding steroid dienone is 2. The third-order valence-electron chi connectivity index (χ3n) is 2.41. The van der Waals surface area contributed by atoms with E-state index in [2.05, 4.69) is 20.7 Å². The smallest absolute Gasteiger partial charge is 0.305 e. The van der Waals surface area contributed by atoms with Crippen LogP contribution in [0.4, 0.5) is 0 Å². The normalized spacial score (nSPS) is 13.8. The highest BCUT2D eigenvalue weighted by Crippen LogP contribution is 2.29. The first-order valence-corrected chi connectivity index (χ1v) is 7.85. The summed E-state index contributed by atoms with van der Waals surface area (Å²) < 4.78 is 7.65. The lowest BCUT2D eigenvalue weighted by Gasteiger charge is -2.14. The second kappa shape index (κ2) is 9.87. The molecule has 0 N–H and O–H groups in total. The molecule has 20 heavy (non-hydrogen) atoms. The SMILES string of the molecule is COC(=O)CCCCC(Br)/C(=C\C(=O)C(Cl)(Cl)Cl)OC. The Bertz CT molecular complexity index is 366. The van der Waals surface area contributed by atoms with Crippen molar-refractivity contribution in [1.82, 2.24) is 0 Å². The van der Waals surface area contributed by atoms with Crippen LogP contribution in [0.25, 0.3) is 0 Å². The molecule has 0 aliphatic heterocycles. The van der Waals surface area contributed by atoms with Crippen LogP contribution in [0.3, 0.4) is 0 Å². The predicted molar refractivity (Wildman–Crippen MR) is 83.6 cm³/mol. The summed E-state index contributed by atoms with van der Waals surface area (Å²) in [5, 5.41) is 0. The molecule has 0 saturated heterocycles. The number of methoxy groups -OCH3 is 2. The maximum Gasteiger partial charge on any atom is 0.305 e. The minimum atomic E-state index is -2.00. The molecule has 0 fully saturated rings. The average molecular weight is 411 g/mol. The van der Waals surface area contributed by atoms with Gasteiger partial charge in [-0.15, -0.1) is 0 Å². The van der Waals surface area contributed by atoms with E-state index in [1.165, 1.54) is 14.2 Å². The Balaban J connectivity index is 4.35. The molecule has 4 nitrogen and oxygen atoms in total. The number of alkyl halides is 4. The van der Waals surface area contributed by atoms with Crippen molar-refractivity contribution in [2.75, 3.05) is 14.2 Å². The van der Waals surface area contributed by atoms with Crippen molar-refractivity contribution >= 4 is 62.5 Å². The summed E-state index contributed by atoms with van der Waals surface area (Å²) in [5.41, 5.74) is 0. The molecular weight excluding hydrogens is 394 g/mol. The van der Waals surface area contributed by atoms with Crippen LogP contribution in [0.2, 0.25) is 0 Å². The molecule has 116 valence electrons. The van der Waals surface area contributed by atoms with E-state index in [1.807, 2.05) is 0 Å². The fourth-order valence-corrected chi connectivity index (χ4v) is 2.13. The number of halogens is 4. The Morgan fingerprint density at radius 2 is 1.80 bits per heavy atom. The van der Waals surface area contributed by atoms with Crippen LogP contribution < -0.4 is 0 Å². The monoisotopic (exact) mass is 408 g/mol. The number of ether oxygens (including phenoxy) is 2.